The van der Waals surface area contributed by atoms with Crippen LogP contribution >= 0.6 is 15.9 Å². The van der Waals surface area contributed by atoms with Gasteiger partial charge in [-0.05, 0) is 60.9 Å². The van der Waals surface area contributed by atoms with Crippen LogP contribution in [0.5, 0.6) is 11.6 Å². The van der Waals surface area contributed by atoms with Gasteiger partial charge in [0, 0.05) is 42.6 Å². The number of carbonyl (C=O) groups excluding carboxylic acids is 1. The number of amides is 1. The molecule has 0 aliphatic carbocycles. The van der Waals surface area contributed by atoms with Gasteiger partial charge in [-0.1, -0.05) is 15.9 Å². The standard InChI is InChI=1S/C22H21BrN4O2/c23-18-4-6-19(7-5-18)29-21-8-3-17(15-25-21)22(28)26-14-16-9-10-24-20(13-16)27-11-1-2-12-27/h3-10,13,15H,1-2,11-12,14H2,(H,26,28). The van der Waals surface area contributed by atoms with Gasteiger partial charge >= 0.3 is 0 Å². The maximum Gasteiger partial charge on any atom is 0.253 e. The summed E-state index contributed by atoms with van der Waals surface area (Å²) in [6, 6.07) is 14.8. The Hall–Kier alpha value is -2.93. The Morgan fingerprint density at radius 1 is 1.07 bits per heavy atom. The SMILES string of the molecule is O=C(NCc1ccnc(N2CCCC2)c1)c1ccc(Oc2ccc(Br)cc2)nc1. The van der Waals surface area contributed by atoms with E-state index in [0.717, 1.165) is 28.9 Å². The van der Waals surface area contributed by atoms with E-state index in [4.69, 9.17) is 4.74 Å². The summed E-state index contributed by atoms with van der Waals surface area (Å²) in [5.74, 6) is 1.93. The summed E-state index contributed by atoms with van der Waals surface area (Å²) in [6.45, 7) is 2.53. The smallest absolute Gasteiger partial charge is 0.253 e. The molecule has 148 valence electrons. The third kappa shape index (κ3) is 5.12. The zero-order chi connectivity index (χ0) is 20.1. The van der Waals surface area contributed by atoms with Gasteiger partial charge in [0.2, 0.25) is 5.88 Å². The van der Waals surface area contributed by atoms with E-state index in [2.05, 4.69) is 36.1 Å². The quantitative estimate of drug-likeness (QED) is 0.593. The highest BCUT2D eigenvalue weighted by Crippen LogP contribution is 2.22. The molecule has 1 fully saturated rings. The number of rotatable bonds is 6. The number of nitrogens with one attached hydrogen (secondary N) is 1. The Morgan fingerprint density at radius 3 is 2.59 bits per heavy atom. The molecule has 1 N–H and O–H groups in total. The second kappa shape index (κ2) is 9.05. The minimum Gasteiger partial charge on any atom is -0.439 e. The molecule has 1 amide bonds. The number of hydrogen-bond donors (Lipinski definition) is 1. The highest BCUT2D eigenvalue weighted by Gasteiger charge is 2.14. The fourth-order valence-electron chi connectivity index (χ4n) is 3.17. The average Bonchev–Trinajstić information content (AvgIpc) is 3.29. The molecule has 3 heterocycles. The number of ether oxygens (including phenoxy) is 1. The molecule has 3 aromatic rings. The lowest BCUT2D eigenvalue weighted by atomic mass is 10.2. The van der Waals surface area contributed by atoms with Crippen molar-refractivity contribution < 1.29 is 9.53 Å². The van der Waals surface area contributed by atoms with Crippen molar-refractivity contribution in [2.45, 2.75) is 19.4 Å². The molecule has 29 heavy (non-hydrogen) atoms. The number of benzene rings is 1. The molecule has 0 atom stereocenters. The zero-order valence-electron chi connectivity index (χ0n) is 15.8. The summed E-state index contributed by atoms with van der Waals surface area (Å²) in [5.41, 5.74) is 1.51. The Bertz CT molecular complexity index is 971. The van der Waals surface area contributed by atoms with Crippen LogP contribution in [0.3, 0.4) is 0 Å². The maximum absolute atomic E-state index is 12.4. The van der Waals surface area contributed by atoms with Gasteiger partial charge in [0.15, 0.2) is 0 Å². The van der Waals surface area contributed by atoms with Crippen molar-refractivity contribution in [2.24, 2.45) is 0 Å². The predicted molar refractivity (Wildman–Crippen MR) is 115 cm³/mol. The fourth-order valence-corrected chi connectivity index (χ4v) is 3.44. The van der Waals surface area contributed by atoms with E-state index in [9.17, 15) is 4.79 Å². The minimum absolute atomic E-state index is 0.174. The number of halogens is 1. The molecule has 4 rings (SSSR count). The first-order valence-electron chi connectivity index (χ1n) is 9.55. The molecule has 1 aromatic carbocycles. The minimum atomic E-state index is -0.174. The van der Waals surface area contributed by atoms with Crippen molar-refractivity contribution in [1.29, 1.82) is 0 Å². The van der Waals surface area contributed by atoms with Gasteiger partial charge in [-0.2, -0.15) is 0 Å². The van der Waals surface area contributed by atoms with Crippen molar-refractivity contribution >= 4 is 27.7 Å². The summed E-state index contributed by atoms with van der Waals surface area (Å²) in [5, 5.41) is 2.94. The summed E-state index contributed by atoms with van der Waals surface area (Å²) >= 11 is 3.39. The highest BCUT2D eigenvalue weighted by atomic mass is 79.9. The molecular weight excluding hydrogens is 432 g/mol. The zero-order valence-corrected chi connectivity index (χ0v) is 17.4. The lowest BCUT2D eigenvalue weighted by molar-refractivity contribution is 0.0950. The number of pyridine rings is 2. The lowest BCUT2D eigenvalue weighted by Crippen LogP contribution is -2.23. The molecular formula is C22H21BrN4O2. The first-order valence-corrected chi connectivity index (χ1v) is 10.3. The van der Waals surface area contributed by atoms with Crippen LogP contribution in [0.15, 0.2) is 65.4 Å². The summed E-state index contributed by atoms with van der Waals surface area (Å²) < 4.78 is 6.66. The van der Waals surface area contributed by atoms with Gasteiger partial charge in [0.1, 0.15) is 11.6 Å². The molecule has 0 unspecified atom stereocenters. The van der Waals surface area contributed by atoms with E-state index in [-0.39, 0.29) is 5.91 Å². The molecule has 0 bridgehead atoms. The molecule has 0 radical (unpaired) electrons. The third-order valence-corrected chi connectivity index (χ3v) is 5.26. The second-order valence-corrected chi connectivity index (χ2v) is 7.76. The molecule has 6 nitrogen and oxygen atoms in total. The van der Waals surface area contributed by atoms with E-state index < -0.39 is 0 Å². The Labute approximate surface area is 178 Å². The molecule has 2 aromatic heterocycles. The second-order valence-electron chi connectivity index (χ2n) is 6.84. The van der Waals surface area contributed by atoms with Crippen LogP contribution in [0.25, 0.3) is 0 Å². The molecule has 0 saturated carbocycles. The largest absolute Gasteiger partial charge is 0.439 e. The van der Waals surface area contributed by atoms with Crippen LogP contribution in [-0.2, 0) is 6.54 Å². The van der Waals surface area contributed by atoms with E-state index in [1.807, 2.05) is 36.4 Å². The molecule has 7 heteroatoms. The van der Waals surface area contributed by atoms with Crippen molar-refractivity contribution in [3.63, 3.8) is 0 Å². The van der Waals surface area contributed by atoms with Gasteiger partial charge in [-0.15, -0.1) is 0 Å². The van der Waals surface area contributed by atoms with Crippen LogP contribution in [0.4, 0.5) is 5.82 Å². The number of aromatic nitrogens is 2. The average molecular weight is 453 g/mol. The van der Waals surface area contributed by atoms with Gasteiger partial charge in [0.25, 0.3) is 5.91 Å². The highest BCUT2D eigenvalue weighted by molar-refractivity contribution is 9.10. The van der Waals surface area contributed by atoms with E-state index in [1.54, 1.807) is 18.3 Å². The van der Waals surface area contributed by atoms with Crippen LogP contribution in [0.1, 0.15) is 28.8 Å². The first-order chi connectivity index (χ1) is 14.2. The molecule has 0 spiro atoms. The van der Waals surface area contributed by atoms with Gasteiger partial charge < -0.3 is 15.0 Å². The van der Waals surface area contributed by atoms with E-state index >= 15 is 0 Å². The third-order valence-electron chi connectivity index (χ3n) is 4.73. The Balaban J connectivity index is 1.34. The number of carbonyl (C=O) groups is 1. The van der Waals surface area contributed by atoms with Crippen LogP contribution in [-0.4, -0.2) is 29.0 Å². The summed E-state index contributed by atoms with van der Waals surface area (Å²) in [7, 11) is 0. The van der Waals surface area contributed by atoms with Gasteiger partial charge in [-0.3, -0.25) is 4.79 Å². The van der Waals surface area contributed by atoms with Crippen LogP contribution in [0, 0.1) is 0 Å². The summed E-state index contributed by atoms with van der Waals surface area (Å²) in [4.78, 5) is 23.4. The fraction of sp³-hybridized carbons (Fsp3) is 0.227. The number of anilines is 1. The lowest BCUT2D eigenvalue weighted by Gasteiger charge is -2.17. The summed E-state index contributed by atoms with van der Waals surface area (Å²) in [6.07, 6.45) is 5.73. The van der Waals surface area contributed by atoms with Crippen molar-refractivity contribution in [2.75, 3.05) is 18.0 Å². The van der Waals surface area contributed by atoms with Gasteiger partial charge in [0.05, 0.1) is 5.56 Å². The Kier molecular flexibility index (Phi) is 6.05. The maximum atomic E-state index is 12.4. The predicted octanol–water partition coefficient (Wildman–Crippen LogP) is 4.56. The van der Waals surface area contributed by atoms with Crippen LogP contribution < -0.4 is 15.0 Å². The number of hydrogen-bond acceptors (Lipinski definition) is 5. The number of nitrogens with zero attached hydrogens (tertiary/aromatic N) is 3. The first kappa shape index (κ1) is 19.4. The molecule has 1 saturated heterocycles. The van der Waals surface area contributed by atoms with Crippen molar-refractivity contribution in [3.05, 3.63) is 76.5 Å². The molecule has 1 aliphatic heterocycles. The Morgan fingerprint density at radius 2 is 1.86 bits per heavy atom. The van der Waals surface area contributed by atoms with Crippen LogP contribution in [0.2, 0.25) is 0 Å². The van der Waals surface area contributed by atoms with Crippen molar-refractivity contribution in [3.8, 4) is 11.6 Å². The topological polar surface area (TPSA) is 67.4 Å². The molecule has 1 aliphatic rings. The van der Waals surface area contributed by atoms with E-state index in [0.29, 0.717) is 23.7 Å². The van der Waals surface area contributed by atoms with Gasteiger partial charge in [-0.25, -0.2) is 9.97 Å². The monoisotopic (exact) mass is 452 g/mol. The normalized spacial score (nSPS) is 13.3. The van der Waals surface area contributed by atoms with E-state index in [1.165, 1.54) is 19.0 Å². The van der Waals surface area contributed by atoms with Crippen molar-refractivity contribution in [1.82, 2.24) is 15.3 Å².